The van der Waals surface area contributed by atoms with Crippen molar-refractivity contribution >= 4 is 12.0 Å². The number of hydrogen-bond acceptors (Lipinski definition) is 4. The zero-order chi connectivity index (χ0) is 14.4. The van der Waals surface area contributed by atoms with Crippen LogP contribution in [0.15, 0.2) is 48.5 Å². The molecule has 102 valence electrons. The first-order chi connectivity index (χ1) is 9.70. The fraction of sp³-hybridized carbons (Fsp3) is 0.133. The summed E-state index contributed by atoms with van der Waals surface area (Å²) in [6, 6.07) is 13.3. The van der Waals surface area contributed by atoms with E-state index in [1.807, 2.05) is 0 Å². The lowest BCUT2D eigenvalue weighted by atomic mass is 10.1. The molecule has 0 radical (unpaired) electrons. The van der Waals surface area contributed by atoms with Crippen LogP contribution in [0.25, 0.3) is 0 Å². The summed E-state index contributed by atoms with van der Waals surface area (Å²) < 4.78 is 5.54. The van der Waals surface area contributed by atoms with Gasteiger partial charge in [-0.3, -0.25) is 14.9 Å². The molecule has 0 unspecified atom stereocenters. The Labute approximate surface area is 116 Å². The molecule has 0 bridgehead atoms. The van der Waals surface area contributed by atoms with Gasteiger partial charge < -0.3 is 4.74 Å². The molecular formula is C15H13NO4. The van der Waals surface area contributed by atoms with Crippen LogP contribution in [-0.4, -0.2) is 17.8 Å². The van der Waals surface area contributed by atoms with E-state index in [1.54, 1.807) is 36.4 Å². The minimum atomic E-state index is -0.430. The molecule has 0 fully saturated rings. The van der Waals surface area contributed by atoms with E-state index in [9.17, 15) is 14.9 Å². The van der Waals surface area contributed by atoms with E-state index in [-0.39, 0.29) is 5.69 Å². The summed E-state index contributed by atoms with van der Waals surface area (Å²) in [5, 5.41) is 10.5. The Morgan fingerprint density at radius 2 is 1.80 bits per heavy atom. The molecular weight excluding hydrogens is 258 g/mol. The van der Waals surface area contributed by atoms with Gasteiger partial charge in [-0.2, -0.15) is 0 Å². The van der Waals surface area contributed by atoms with Gasteiger partial charge in [-0.05, 0) is 17.7 Å². The summed E-state index contributed by atoms with van der Waals surface area (Å²) in [7, 11) is 0. The molecule has 0 spiro atoms. The smallest absolute Gasteiger partial charge is 0.269 e. The molecule has 20 heavy (non-hydrogen) atoms. The van der Waals surface area contributed by atoms with Crippen molar-refractivity contribution in [2.24, 2.45) is 0 Å². The number of nitrogens with zero attached hydrogens (tertiary/aromatic N) is 1. The maximum Gasteiger partial charge on any atom is 0.269 e. The first-order valence-corrected chi connectivity index (χ1v) is 6.11. The van der Waals surface area contributed by atoms with Gasteiger partial charge in [0.1, 0.15) is 5.75 Å². The van der Waals surface area contributed by atoms with Gasteiger partial charge in [0.2, 0.25) is 0 Å². The number of carbonyl (C=O) groups excluding carboxylic acids is 1. The number of nitro benzene ring substituents is 1. The third kappa shape index (κ3) is 3.41. The number of para-hydroxylation sites is 1. The lowest BCUT2D eigenvalue weighted by Crippen LogP contribution is -2.03. The number of nitro groups is 1. The van der Waals surface area contributed by atoms with Crippen LogP contribution in [-0.2, 0) is 6.42 Å². The van der Waals surface area contributed by atoms with E-state index in [2.05, 4.69) is 0 Å². The Bertz CT molecular complexity index is 608. The first-order valence-electron chi connectivity index (χ1n) is 6.11. The van der Waals surface area contributed by atoms with Gasteiger partial charge in [0.05, 0.1) is 17.1 Å². The maximum absolute atomic E-state index is 10.8. The molecule has 0 saturated carbocycles. The second kappa shape index (κ2) is 6.47. The topological polar surface area (TPSA) is 69.4 Å². The molecule has 5 heteroatoms. The zero-order valence-corrected chi connectivity index (χ0v) is 10.7. The van der Waals surface area contributed by atoms with Gasteiger partial charge >= 0.3 is 0 Å². The van der Waals surface area contributed by atoms with Crippen molar-refractivity contribution in [2.75, 3.05) is 6.61 Å². The second-order valence-corrected chi connectivity index (χ2v) is 4.18. The summed E-state index contributed by atoms with van der Waals surface area (Å²) in [5.74, 6) is 0.546. The molecule has 0 aliphatic heterocycles. The van der Waals surface area contributed by atoms with Crippen molar-refractivity contribution in [1.29, 1.82) is 0 Å². The summed E-state index contributed by atoms with van der Waals surface area (Å²) in [6.07, 6.45) is 1.37. The highest BCUT2D eigenvalue weighted by Crippen LogP contribution is 2.16. The third-order valence-corrected chi connectivity index (χ3v) is 2.84. The zero-order valence-electron chi connectivity index (χ0n) is 10.7. The van der Waals surface area contributed by atoms with Crippen LogP contribution in [0.1, 0.15) is 15.9 Å². The quantitative estimate of drug-likeness (QED) is 0.460. The van der Waals surface area contributed by atoms with Crippen molar-refractivity contribution in [3.8, 4) is 5.75 Å². The van der Waals surface area contributed by atoms with Crippen molar-refractivity contribution in [2.45, 2.75) is 6.42 Å². The highest BCUT2D eigenvalue weighted by Gasteiger charge is 2.05. The number of carbonyl (C=O) groups is 1. The molecule has 0 heterocycles. The van der Waals surface area contributed by atoms with Gasteiger partial charge in [0.25, 0.3) is 5.69 Å². The van der Waals surface area contributed by atoms with Crippen molar-refractivity contribution in [1.82, 2.24) is 0 Å². The normalized spacial score (nSPS) is 10.0. The SMILES string of the molecule is O=Cc1ccccc1OCCc1ccc([N+](=O)[O-])cc1. The summed E-state index contributed by atoms with van der Waals surface area (Å²) in [6.45, 7) is 0.405. The van der Waals surface area contributed by atoms with Crippen LogP contribution >= 0.6 is 0 Å². The van der Waals surface area contributed by atoms with E-state index in [4.69, 9.17) is 4.74 Å². The van der Waals surface area contributed by atoms with Crippen LogP contribution in [0.5, 0.6) is 5.75 Å². The van der Waals surface area contributed by atoms with E-state index in [1.165, 1.54) is 12.1 Å². The monoisotopic (exact) mass is 271 g/mol. The van der Waals surface area contributed by atoms with E-state index in [0.29, 0.717) is 24.3 Å². The first kappa shape index (κ1) is 13.7. The van der Waals surface area contributed by atoms with E-state index >= 15 is 0 Å². The van der Waals surface area contributed by atoms with Gasteiger partial charge in [-0.25, -0.2) is 0 Å². The average molecular weight is 271 g/mol. The van der Waals surface area contributed by atoms with Crippen molar-refractivity contribution < 1.29 is 14.5 Å². The highest BCUT2D eigenvalue weighted by atomic mass is 16.6. The minimum Gasteiger partial charge on any atom is -0.492 e. The Morgan fingerprint density at radius 3 is 2.45 bits per heavy atom. The van der Waals surface area contributed by atoms with Gasteiger partial charge in [-0.15, -0.1) is 0 Å². The highest BCUT2D eigenvalue weighted by molar-refractivity contribution is 5.79. The van der Waals surface area contributed by atoms with Gasteiger partial charge in [0, 0.05) is 18.6 Å². The van der Waals surface area contributed by atoms with Crippen molar-refractivity contribution in [3.63, 3.8) is 0 Å². The lowest BCUT2D eigenvalue weighted by molar-refractivity contribution is -0.384. The van der Waals surface area contributed by atoms with Gasteiger partial charge in [0.15, 0.2) is 6.29 Å². The number of aldehydes is 1. The minimum absolute atomic E-state index is 0.0703. The molecule has 0 aliphatic carbocycles. The number of hydrogen-bond donors (Lipinski definition) is 0. The molecule has 0 N–H and O–H groups in total. The van der Waals surface area contributed by atoms with E-state index in [0.717, 1.165) is 11.8 Å². The molecule has 2 rings (SSSR count). The van der Waals surface area contributed by atoms with Crippen LogP contribution in [0, 0.1) is 10.1 Å². The Morgan fingerprint density at radius 1 is 1.10 bits per heavy atom. The predicted octanol–water partition coefficient (Wildman–Crippen LogP) is 3.03. The fourth-order valence-electron chi connectivity index (χ4n) is 1.77. The lowest BCUT2D eigenvalue weighted by Gasteiger charge is -2.08. The van der Waals surface area contributed by atoms with Gasteiger partial charge in [-0.1, -0.05) is 24.3 Å². The largest absolute Gasteiger partial charge is 0.492 e. The number of rotatable bonds is 6. The molecule has 0 saturated heterocycles. The molecule has 0 aromatic heterocycles. The maximum atomic E-state index is 10.8. The average Bonchev–Trinajstić information content (AvgIpc) is 2.48. The molecule has 5 nitrogen and oxygen atoms in total. The Balaban J connectivity index is 1.92. The second-order valence-electron chi connectivity index (χ2n) is 4.18. The fourth-order valence-corrected chi connectivity index (χ4v) is 1.77. The Hall–Kier alpha value is -2.69. The third-order valence-electron chi connectivity index (χ3n) is 2.84. The summed E-state index contributed by atoms with van der Waals surface area (Å²) >= 11 is 0. The number of benzene rings is 2. The van der Waals surface area contributed by atoms with E-state index < -0.39 is 4.92 Å². The molecule has 0 amide bonds. The van der Waals surface area contributed by atoms with Crippen LogP contribution in [0.4, 0.5) is 5.69 Å². The van der Waals surface area contributed by atoms with Crippen LogP contribution in [0.2, 0.25) is 0 Å². The van der Waals surface area contributed by atoms with Crippen LogP contribution < -0.4 is 4.74 Å². The Kier molecular flexibility index (Phi) is 4.44. The number of non-ortho nitro benzene ring substituents is 1. The number of ether oxygens (including phenoxy) is 1. The molecule has 2 aromatic carbocycles. The summed E-state index contributed by atoms with van der Waals surface area (Å²) in [4.78, 5) is 20.9. The van der Waals surface area contributed by atoms with Crippen molar-refractivity contribution in [3.05, 3.63) is 69.8 Å². The predicted molar refractivity (Wildman–Crippen MR) is 74.1 cm³/mol. The molecule has 2 aromatic rings. The van der Waals surface area contributed by atoms with Crippen LogP contribution in [0.3, 0.4) is 0 Å². The molecule has 0 atom stereocenters. The standard InChI is InChI=1S/C15H13NO4/c17-11-13-3-1-2-4-15(13)20-10-9-12-5-7-14(8-6-12)16(18)19/h1-8,11H,9-10H2. The molecule has 0 aliphatic rings. The summed E-state index contributed by atoms with van der Waals surface area (Å²) in [5.41, 5.74) is 1.52.